The molecule has 2 heterocycles. The van der Waals surface area contributed by atoms with E-state index in [2.05, 4.69) is 15.2 Å². The van der Waals surface area contributed by atoms with E-state index in [0.29, 0.717) is 22.5 Å². The Morgan fingerprint density at radius 1 is 1.03 bits per heavy atom. The number of nitrogens with zero attached hydrogens (tertiary/aromatic N) is 2. The maximum Gasteiger partial charge on any atom is 0.259 e. The molecule has 0 bridgehead atoms. The van der Waals surface area contributed by atoms with Gasteiger partial charge in [0.05, 0.1) is 15.7 Å². The summed E-state index contributed by atoms with van der Waals surface area (Å²) >= 11 is 0. The van der Waals surface area contributed by atoms with Crippen LogP contribution in [0.3, 0.4) is 0 Å². The highest BCUT2D eigenvalue weighted by atomic mass is 32.2. The molecule has 7 heteroatoms. The molecule has 1 N–H and O–H groups in total. The summed E-state index contributed by atoms with van der Waals surface area (Å²) < 4.78 is 25.9. The smallest absolute Gasteiger partial charge is 0.259 e. The van der Waals surface area contributed by atoms with Crippen LogP contribution in [0, 0.1) is 5.41 Å². The fourth-order valence-corrected chi connectivity index (χ4v) is 6.93. The molecule has 1 aromatic carbocycles. The summed E-state index contributed by atoms with van der Waals surface area (Å²) in [5.41, 5.74) is 1.58. The lowest BCUT2D eigenvalue weighted by Crippen LogP contribution is -2.36. The fourth-order valence-electron chi connectivity index (χ4n) is 5.04. The monoisotopic (exact) mass is 439 g/mol. The molecule has 0 unspecified atom stereocenters. The van der Waals surface area contributed by atoms with E-state index >= 15 is 0 Å². The molecule has 6 nitrogen and oxygen atoms in total. The normalized spacial score (nSPS) is 20.7. The Kier molecular flexibility index (Phi) is 5.24. The van der Waals surface area contributed by atoms with Crippen molar-refractivity contribution in [2.75, 3.05) is 23.3 Å². The van der Waals surface area contributed by atoms with Crippen LogP contribution in [0.2, 0.25) is 0 Å². The Morgan fingerprint density at radius 3 is 2.48 bits per heavy atom. The van der Waals surface area contributed by atoms with Crippen molar-refractivity contribution < 1.29 is 13.2 Å². The average molecular weight is 440 g/mol. The second kappa shape index (κ2) is 7.93. The zero-order valence-corrected chi connectivity index (χ0v) is 18.5. The van der Waals surface area contributed by atoms with Gasteiger partial charge in [0.2, 0.25) is 0 Å². The molecule has 3 fully saturated rings. The number of benzene rings is 1. The van der Waals surface area contributed by atoms with Gasteiger partial charge in [-0.2, -0.15) is 0 Å². The van der Waals surface area contributed by atoms with Crippen LogP contribution in [-0.4, -0.2) is 37.6 Å². The SMILES string of the molecule is O=C(Nc1cccc(S(=O)(=O)C2CCCC2)c1)c1cccnc1N1CCC2(CC1)CC2. The second-order valence-electron chi connectivity index (χ2n) is 9.30. The van der Waals surface area contributed by atoms with Crippen LogP contribution in [0.15, 0.2) is 47.5 Å². The maximum atomic E-state index is 13.1. The number of amides is 1. The van der Waals surface area contributed by atoms with Gasteiger partial charge >= 0.3 is 0 Å². The number of anilines is 2. The van der Waals surface area contributed by atoms with E-state index in [-0.39, 0.29) is 16.1 Å². The summed E-state index contributed by atoms with van der Waals surface area (Å²) in [4.78, 5) is 20.1. The van der Waals surface area contributed by atoms with Gasteiger partial charge in [0.1, 0.15) is 5.82 Å². The molecule has 31 heavy (non-hydrogen) atoms. The predicted octanol–water partition coefficient (Wildman–Crippen LogP) is 4.43. The number of hydrogen-bond acceptors (Lipinski definition) is 5. The second-order valence-corrected chi connectivity index (χ2v) is 11.5. The summed E-state index contributed by atoms with van der Waals surface area (Å²) in [5, 5.41) is 2.59. The van der Waals surface area contributed by atoms with Crippen molar-refractivity contribution in [2.24, 2.45) is 5.41 Å². The van der Waals surface area contributed by atoms with Gasteiger partial charge in [-0.3, -0.25) is 4.79 Å². The number of carbonyl (C=O) groups is 1. The summed E-state index contributed by atoms with van der Waals surface area (Å²) in [5.74, 6) is 0.454. The molecule has 5 rings (SSSR count). The highest BCUT2D eigenvalue weighted by molar-refractivity contribution is 7.92. The maximum absolute atomic E-state index is 13.1. The number of nitrogens with one attached hydrogen (secondary N) is 1. The third-order valence-corrected chi connectivity index (χ3v) is 9.53. The zero-order chi connectivity index (χ0) is 21.5. The minimum atomic E-state index is -3.36. The zero-order valence-electron chi connectivity index (χ0n) is 17.7. The van der Waals surface area contributed by atoms with Gasteiger partial charge in [-0.1, -0.05) is 18.9 Å². The van der Waals surface area contributed by atoms with Gasteiger partial charge in [-0.05, 0) is 74.3 Å². The van der Waals surface area contributed by atoms with Crippen molar-refractivity contribution in [3.8, 4) is 0 Å². The molecule has 2 aliphatic carbocycles. The van der Waals surface area contributed by atoms with Gasteiger partial charge < -0.3 is 10.2 Å². The average Bonchev–Trinajstić information content (AvgIpc) is 3.30. The first kappa shape index (κ1) is 20.5. The van der Waals surface area contributed by atoms with Crippen LogP contribution in [-0.2, 0) is 9.84 Å². The number of carbonyl (C=O) groups excluding carboxylic acids is 1. The molecule has 0 atom stereocenters. The number of sulfone groups is 1. The third-order valence-electron chi connectivity index (χ3n) is 7.27. The first-order chi connectivity index (χ1) is 15.0. The number of pyridine rings is 1. The molecule has 1 spiro atoms. The van der Waals surface area contributed by atoms with Gasteiger partial charge in [0, 0.05) is 25.0 Å². The van der Waals surface area contributed by atoms with Crippen LogP contribution in [0.25, 0.3) is 0 Å². The first-order valence-electron chi connectivity index (χ1n) is 11.3. The van der Waals surface area contributed by atoms with Crippen molar-refractivity contribution in [3.05, 3.63) is 48.2 Å². The minimum absolute atomic E-state index is 0.259. The minimum Gasteiger partial charge on any atom is -0.356 e. The molecule has 164 valence electrons. The number of aromatic nitrogens is 1. The summed E-state index contributed by atoms with van der Waals surface area (Å²) in [6, 6.07) is 10.2. The topological polar surface area (TPSA) is 79.4 Å². The molecule has 2 aromatic rings. The lowest BCUT2D eigenvalue weighted by molar-refractivity contribution is 0.102. The summed E-state index contributed by atoms with van der Waals surface area (Å²) in [7, 11) is -3.36. The van der Waals surface area contributed by atoms with Crippen molar-refractivity contribution in [3.63, 3.8) is 0 Å². The van der Waals surface area contributed by atoms with E-state index in [1.165, 1.54) is 12.8 Å². The van der Waals surface area contributed by atoms with E-state index < -0.39 is 9.84 Å². The standard InChI is InChI=1S/C24H29N3O3S/c28-23(21-9-4-14-25-22(21)27-15-12-24(10-11-24)13-16-27)26-18-5-3-8-20(17-18)31(29,30)19-6-1-2-7-19/h3-5,8-9,14,17,19H,1-2,6-7,10-13,15-16H2,(H,26,28). The molecular formula is C24H29N3O3S. The lowest BCUT2D eigenvalue weighted by atomic mass is 9.93. The molecule has 1 aromatic heterocycles. The Balaban J connectivity index is 1.34. The highest BCUT2D eigenvalue weighted by Gasteiger charge is 2.44. The van der Waals surface area contributed by atoms with Gasteiger partial charge in [0.25, 0.3) is 5.91 Å². The number of piperidine rings is 1. The number of hydrogen-bond donors (Lipinski definition) is 1. The molecular weight excluding hydrogens is 410 g/mol. The molecule has 1 saturated heterocycles. The van der Waals surface area contributed by atoms with Crippen molar-refractivity contribution in [1.29, 1.82) is 0 Å². The highest BCUT2D eigenvalue weighted by Crippen LogP contribution is 2.53. The van der Waals surface area contributed by atoms with Crippen molar-refractivity contribution >= 4 is 27.2 Å². The Labute approximate surface area is 184 Å². The van der Waals surface area contributed by atoms with E-state index in [4.69, 9.17) is 0 Å². The van der Waals surface area contributed by atoms with Crippen LogP contribution in [0.4, 0.5) is 11.5 Å². The largest absolute Gasteiger partial charge is 0.356 e. The quantitative estimate of drug-likeness (QED) is 0.746. The predicted molar refractivity (Wildman–Crippen MR) is 121 cm³/mol. The van der Waals surface area contributed by atoms with E-state index in [0.717, 1.165) is 51.6 Å². The lowest BCUT2D eigenvalue weighted by Gasteiger charge is -2.33. The van der Waals surface area contributed by atoms with Crippen LogP contribution >= 0.6 is 0 Å². The van der Waals surface area contributed by atoms with E-state index in [1.54, 1.807) is 42.6 Å². The van der Waals surface area contributed by atoms with Crippen LogP contribution in [0.1, 0.15) is 61.7 Å². The van der Waals surface area contributed by atoms with Crippen LogP contribution in [0.5, 0.6) is 0 Å². The molecule has 3 aliphatic rings. The molecule has 0 radical (unpaired) electrons. The van der Waals surface area contributed by atoms with Gasteiger partial charge in [-0.25, -0.2) is 13.4 Å². The van der Waals surface area contributed by atoms with Crippen molar-refractivity contribution in [2.45, 2.75) is 61.5 Å². The molecule has 2 saturated carbocycles. The van der Waals surface area contributed by atoms with Gasteiger partial charge in [-0.15, -0.1) is 0 Å². The Hall–Kier alpha value is -2.41. The summed E-state index contributed by atoms with van der Waals surface area (Å²) in [6.07, 6.45) is 10.1. The fraction of sp³-hybridized carbons (Fsp3) is 0.500. The van der Waals surface area contributed by atoms with Crippen LogP contribution < -0.4 is 10.2 Å². The molecule has 1 amide bonds. The van der Waals surface area contributed by atoms with Gasteiger partial charge in [0.15, 0.2) is 9.84 Å². The molecule has 1 aliphatic heterocycles. The van der Waals surface area contributed by atoms with Crippen molar-refractivity contribution in [1.82, 2.24) is 4.98 Å². The Morgan fingerprint density at radius 2 is 1.77 bits per heavy atom. The summed E-state index contributed by atoms with van der Waals surface area (Å²) in [6.45, 7) is 1.85. The first-order valence-corrected chi connectivity index (χ1v) is 12.9. The number of rotatable bonds is 5. The van der Waals surface area contributed by atoms with E-state index in [9.17, 15) is 13.2 Å². The third kappa shape index (κ3) is 4.07. The van der Waals surface area contributed by atoms with E-state index in [1.807, 2.05) is 0 Å². The Bertz CT molecular complexity index is 1080.